The molecule has 0 spiro atoms. The normalized spacial score (nSPS) is 19.3. The molecule has 3 heteroatoms. The zero-order chi connectivity index (χ0) is 15.1. The van der Waals surface area contributed by atoms with E-state index >= 15 is 0 Å². The van der Waals surface area contributed by atoms with Gasteiger partial charge < -0.3 is 4.74 Å². The van der Waals surface area contributed by atoms with Crippen LogP contribution in [0.4, 0.5) is 4.39 Å². The number of esters is 1. The zero-order valence-electron chi connectivity index (χ0n) is 13.0. The van der Waals surface area contributed by atoms with E-state index in [0.717, 1.165) is 24.0 Å². The Hall–Kier alpha value is -1.38. The molecular formula is C17H23FO2. The van der Waals surface area contributed by atoms with Gasteiger partial charge in [-0.1, -0.05) is 27.7 Å². The Kier molecular flexibility index (Phi) is 3.66. The molecule has 2 nitrogen and oxygen atoms in total. The number of hydrogen-bond donors (Lipinski definition) is 0. The SMILES string of the molecule is CCOC(=O)c1cc(F)cc2c1C(C)(C)CCC2(C)C. The topological polar surface area (TPSA) is 26.3 Å². The number of fused-ring (bicyclic) bond motifs is 1. The van der Waals surface area contributed by atoms with E-state index in [-0.39, 0.29) is 16.6 Å². The molecule has 0 atom stereocenters. The van der Waals surface area contributed by atoms with Gasteiger partial charge in [0.25, 0.3) is 0 Å². The van der Waals surface area contributed by atoms with Crippen molar-refractivity contribution in [3.63, 3.8) is 0 Å². The van der Waals surface area contributed by atoms with Gasteiger partial charge in [0.05, 0.1) is 12.2 Å². The smallest absolute Gasteiger partial charge is 0.338 e. The molecule has 1 aromatic carbocycles. The molecule has 0 heterocycles. The lowest BCUT2D eigenvalue weighted by Crippen LogP contribution is -2.36. The Labute approximate surface area is 120 Å². The van der Waals surface area contributed by atoms with E-state index in [1.165, 1.54) is 6.07 Å². The molecule has 0 saturated heterocycles. The van der Waals surface area contributed by atoms with Crippen LogP contribution in [0.5, 0.6) is 0 Å². The summed E-state index contributed by atoms with van der Waals surface area (Å²) < 4.78 is 19.0. The molecule has 20 heavy (non-hydrogen) atoms. The van der Waals surface area contributed by atoms with Crippen LogP contribution in [0.1, 0.15) is 68.9 Å². The fraction of sp³-hybridized carbons (Fsp3) is 0.588. The van der Waals surface area contributed by atoms with Crippen molar-refractivity contribution < 1.29 is 13.9 Å². The first kappa shape index (κ1) is 15.0. The number of hydrogen-bond acceptors (Lipinski definition) is 2. The highest BCUT2D eigenvalue weighted by Gasteiger charge is 2.40. The highest BCUT2D eigenvalue weighted by Crippen LogP contribution is 2.47. The molecule has 0 aliphatic heterocycles. The van der Waals surface area contributed by atoms with Crippen molar-refractivity contribution in [2.45, 2.75) is 58.3 Å². The van der Waals surface area contributed by atoms with E-state index in [1.807, 2.05) is 0 Å². The summed E-state index contributed by atoms with van der Waals surface area (Å²) in [5, 5.41) is 0. The Balaban J connectivity index is 2.71. The van der Waals surface area contributed by atoms with Crippen molar-refractivity contribution in [3.8, 4) is 0 Å². The summed E-state index contributed by atoms with van der Waals surface area (Å²) in [6.45, 7) is 10.5. The number of ether oxygens (including phenoxy) is 1. The molecule has 1 aromatic rings. The molecule has 0 unspecified atom stereocenters. The van der Waals surface area contributed by atoms with Gasteiger partial charge in [-0.2, -0.15) is 0 Å². The summed E-state index contributed by atoms with van der Waals surface area (Å²) in [7, 11) is 0. The van der Waals surface area contributed by atoms with Crippen molar-refractivity contribution >= 4 is 5.97 Å². The minimum absolute atomic E-state index is 0.117. The van der Waals surface area contributed by atoms with E-state index < -0.39 is 5.97 Å². The van der Waals surface area contributed by atoms with E-state index in [2.05, 4.69) is 27.7 Å². The molecule has 0 amide bonds. The Morgan fingerprint density at radius 3 is 2.40 bits per heavy atom. The fourth-order valence-corrected chi connectivity index (χ4v) is 3.12. The van der Waals surface area contributed by atoms with Crippen LogP contribution < -0.4 is 0 Å². The summed E-state index contributed by atoms with van der Waals surface area (Å²) in [5.41, 5.74) is 2.03. The number of rotatable bonds is 2. The summed E-state index contributed by atoms with van der Waals surface area (Å²) in [6.07, 6.45) is 1.96. The second kappa shape index (κ2) is 4.87. The van der Waals surface area contributed by atoms with Crippen LogP contribution in [-0.4, -0.2) is 12.6 Å². The van der Waals surface area contributed by atoms with Crippen LogP contribution in [0, 0.1) is 5.82 Å². The monoisotopic (exact) mass is 278 g/mol. The van der Waals surface area contributed by atoms with E-state index in [0.29, 0.717) is 12.2 Å². The molecule has 0 N–H and O–H groups in total. The average Bonchev–Trinajstić information content (AvgIpc) is 2.34. The second-order valence-corrected chi connectivity index (χ2v) is 6.86. The summed E-state index contributed by atoms with van der Waals surface area (Å²) in [5.74, 6) is -0.786. The van der Waals surface area contributed by atoms with Crippen LogP contribution in [0.2, 0.25) is 0 Å². The van der Waals surface area contributed by atoms with Crippen LogP contribution >= 0.6 is 0 Å². The van der Waals surface area contributed by atoms with E-state index in [9.17, 15) is 9.18 Å². The molecule has 0 bridgehead atoms. The lowest BCUT2D eigenvalue weighted by atomic mass is 9.62. The molecular weight excluding hydrogens is 255 g/mol. The van der Waals surface area contributed by atoms with Crippen molar-refractivity contribution in [1.29, 1.82) is 0 Å². The quantitative estimate of drug-likeness (QED) is 0.752. The van der Waals surface area contributed by atoms with Gasteiger partial charge in [0.2, 0.25) is 0 Å². The van der Waals surface area contributed by atoms with Gasteiger partial charge in [0.15, 0.2) is 0 Å². The lowest BCUT2D eigenvalue weighted by Gasteiger charge is -2.42. The number of halogens is 1. The number of carbonyl (C=O) groups is 1. The maximum atomic E-state index is 13.9. The third-order valence-electron chi connectivity index (χ3n) is 4.38. The third-order valence-corrected chi connectivity index (χ3v) is 4.38. The first-order valence-corrected chi connectivity index (χ1v) is 7.20. The van der Waals surface area contributed by atoms with Gasteiger partial charge in [0, 0.05) is 0 Å². The van der Waals surface area contributed by atoms with E-state index in [4.69, 9.17) is 4.74 Å². The molecule has 1 aliphatic rings. The Morgan fingerprint density at radius 1 is 1.20 bits per heavy atom. The maximum absolute atomic E-state index is 13.9. The van der Waals surface area contributed by atoms with Crippen molar-refractivity contribution in [2.75, 3.05) is 6.61 Å². The van der Waals surface area contributed by atoms with Crippen LogP contribution in [0.25, 0.3) is 0 Å². The summed E-state index contributed by atoms with van der Waals surface area (Å²) >= 11 is 0. The zero-order valence-corrected chi connectivity index (χ0v) is 13.0. The predicted molar refractivity (Wildman–Crippen MR) is 77.6 cm³/mol. The maximum Gasteiger partial charge on any atom is 0.338 e. The van der Waals surface area contributed by atoms with Crippen molar-refractivity contribution in [2.24, 2.45) is 0 Å². The lowest BCUT2D eigenvalue weighted by molar-refractivity contribution is 0.0521. The molecule has 110 valence electrons. The highest BCUT2D eigenvalue weighted by molar-refractivity contribution is 5.92. The third kappa shape index (κ3) is 2.46. The molecule has 0 aromatic heterocycles. The standard InChI is InChI=1S/C17H23FO2/c1-6-20-15(19)12-9-11(18)10-13-14(12)17(4,5)8-7-16(13,2)3/h9-10H,6-8H2,1-5H3. The predicted octanol–water partition coefficient (Wildman–Crippen LogP) is 4.35. The largest absolute Gasteiger partial charge is 0.462 e. The molecule has 2 rings (SSSR count). The molecule has 1 aliphatic carbocycles. The van der Waals surface area contributed by atoms with E-state index in [1.54, 1.807) is 13.0 Å². The first-order valence-electron chi connectivity index (χ1n) is 7.20. The molecule has 0 saturated carbocycles. The summed E-state index contributed by atoms with van der Waals surface area (Å²) in [6, 6.07) is 2.90. The first-order chi connectivity index (χ1) is 9.19. The van der Waals surface area contributed by atoms with Gasteiger partial charge in [-0.25, -0.2) is 9.18 Å². The molecule has 0 radical (unpaired) electrons. The minimum atomic E-state index is -0.422. The van der Waals surface area contributed by atoms with Crippen LogP contribution in [-0.2, 0) is 15.6 Å². The fourth-order valence-electron chi connectivity index (χ4n) is 3.12. The molecule has 0 fully saturated rings. The Bertz CT molecular complexity index is 544. The van der Waals surface area contributed by atoms with Gasteiger partial charge in [-0.3, -0.25) is 0 Å². The van der Waals surface area contributed by atoms with Crippen LogP contribution in [0.15, 0.2) is 12.1 Å². The Morgan fingerprint density at radius 2 is 1.80 bits per heavy atom. The number of carbonyl (C=O) groups excluding carboxylic acids is 1. The average molecular weight is 278 g/mol. The highest BCUT2D eigenvalue weighted by atomic mass is 19.1. The second-order valence-electron chi connectivity index (χ2n) is 6.86. The van der Waals surface area contributed by atoms with Crippen molar-refractivity contribution in [3.05, 3.63) is 34.6 Å². The van der Waals surface area contributed by atoms with Crippen molar-refractivity contribution in [1.82, 2.24) is 0 Å². The minimum Gasteiger partial charge on any atom is -0.462 e. The van der Waals surface area contributed by atoms with Gasteiger partial charge in [-0.05, 0) is 53.9 Å². The summed E-state index contributed by atoms with van der Waals surface area (Å²) in [4.78, 5) is 12.2. The van der Waals surface area contributed by atoms with Crippen LogP contribution in [0.3, 0.4) is 0 Å². The van der Waals surface area contributed by atoms with Gasteiger partial charge in [0.1, 0.15) is 5.82 Å². The van der Waals surface area contributed by atoms with Gasteiger partial charge >= 0.3 is 5.97 Å². The van der Waals surface area contributed by atoms with Gasteiger partial charge in [-0.15, -0.1) is 0 Å². The number of benzene rings is 1.